The summed E-state index contributed by atoms with van der Waals surface area (Å²) in [6, 6.07) is 18.9. The standard InChI is InChI=1S/C22H11Cl2NO2S/c23-13-6-7-15(18(24)9-13)19-11-28-21(25-19)17-10-16-14-4-2-1-3-12(14)5-8-20(16)27-22(17)26/h1-11H. The quantitative estimate of drug-likeness (QED) is 0.225. The van der Waals surface area contributed by atoms with Gasteiger partial charge in [0.15, 0.2) is 0 Å². The number of fused-ring (bicyclic) bond motifs is 3. The van der Waals surface area contributed by atoms with Crippen molar-refractivity contribution in [2.75, 3.05) is 0 Å². The highest BCUT2D eigenvalue weighted by molar-refractivity contribution is 7.13. The Hall–Kier alpha value is -2.66. The van der Waals surface area contributed by atoms with Gasteiger partial charge < -0.3 is 4.42 Å². The predicted octanol–water partition coefficient (Wildman–Crippen LogP) is 7.04. The van der Waals surface area contributed by atoms with Gasteiger partial charge in [-0.2, -0.15) is 0 Å². The largest absolute Gasteiger partial charge is 0.422 e. The van der Waals surface area contributed by atoms with Gasteiger partial charge in [0.2, 0.25) is 0 Å². The molecule has 3 nitrogen and oxygen atoms in total. The number of benzene rings is 3. The van der Waals surface area contributed by atoms with Crippen molar-refractivity contribution in [3.63, 3.8) is 0 Å². The lowest BCUT2D eigenvalue weighted by Crippen LogP contribution is -2.02. The molecule has 0 radical (unpaired) electrons. The minimum absolute atomic E-state index is 0.411. The average Bonchev–Trinajstić information content (AvgIpc) is 3.17. The molecule has 5 aromatic rings. The van der Waals surface area contributed by atoms with Crippen LogP contribution < -0.4 is 5.63 Å². The maximum absolute atomic E-state index is 12.6. The number of hydrogen-bond acceptors (Lipinski definition) is 4. The maximum Gasteiger partial charge on any atom is 0.346 e. The van der Waals surface area contributed by atoms with Crippen molar-refractivity contribution < 1.29 is 4.42 Å². The van der Waals surface area contributed by atoms with Crippen LogP contribution in [0.15, 0.2) is 75.3 Å². The van der Waals surface area contributed by atoms with Crippen molar-refractivity contribution >= 4 is 56.3 Å². The van der Waals surface area contributed by atoms with Crippen LogP contribution >= 0.6 is 34.5 Å². The third kappa shape index (κ3) is 2.90. The van der Waals surface area contributed by atoms with Crippen molar-refractivity contribution in [2.24, 2.45) is 0 Å². The van der Waals surface area contributed by atoms with Gasteiger partial charge in [0.05, 0.1) is 16.3 Å². The van der Waals surface area contributed by atoms with Crippen molar-refractivity contribution in [2.45, 2.75) is 0 Å². The Morgan fingerprint density at radius 1 is 0.893 bits per heavy atom. The molecule has 0 aliphatic rings. The summed E-state index contributed by atoms with van der Waals surface area (Å²) in [5.74, 6) is 0. The summed E-state index contributed by atoms with van der Waals surface area (Å²) in [5.41, 5.74) is 2.05. The molecule has 0 saturated heterocycles. The monoisotopic (exact) mass is 423 g/mol. The van der Waals surface area contributed by atoms with Gasteiger partial charge in [-0.15, -0.1) is 11.3 Å². The van der Waals surface area contributed by atoms with E-state index in [1.807, 2.05) is 53.9 Å². The van der Waals surface area contributed by atoms with Crippen LogP contribution in [0.4, 0.5) is 0 Å². The fraction of sp³-hybridized carbons (Fsp3) is 0. The molecule has 0 aliphatic carbocycles. The fourth-order valence-electron chi connectivity index (χ4n) is 3.24. The number of halogens is 2. The summed E-state index contributed by atoms with van der Waals surface area (Å²) in [7, 11) is 0. The molecule has 3 aromatic carbocycles. The second kappa shape index (κ2) is 6.74. The molecule has 0 unspecified atom stereocenters. The van der Waals surface area contributed by atoms with E-state index in [9.17, 15) is 4.79 Å². The number of nitrogens with zero attached hydrogens (tertiary/aromatic N) is 1. The number of thiazole rings is 1. The molecule has 0 N–H and O–H groups in total. The Kier molecular flexibility index (Phi) is 4.20. The van der Waals surface area contributed by atoms with E-state index < -0.39 is 5.63 Å². The highest BCUT2D eigenvalue weighted by Crippen LogP contribution is 2.34. The first-order valence-corrected chi connectivity index (χ1v) is 10.1. The highest BCUT2D eigenvalue weighted by atomic mass is 35.5. The van der Waals surface area contributed by atoms with Crippen LogP contribution in [0.5, 0.6) is 0 Å². The van der Waals surface area contributed by atoms with Crippen LogP contribution in [0.3, 0.4) is 0 Å². The third-order valence-corrected chi connectivity index (χ3v) is 6.01. The molecular formula is C22H11Cl2NO2S. The topological polar surface area (TPSA) is 43.1 Å². The molecule has 5 rings (SSSR count). The van der Waals surface area contributed by atoms with Crippen molar-refractivity contribution in [1.29, 1.82) is 0 Å². The third-order valence-electron chi connectivity index (χ3n) is 4.58. The number of aromatic nitrogens is 1. The van der Waals surface area contributed by atoms with E-state index >= 15 is 0 Å². The lowest BCUT2D eigenvalue weighted by molar-refractivity contribution is 0.564. The SMILES string of the molecule is O=c1oc2ccc3ccccc3c2cc1-c1nc(-c2ccc(Cl)cc2Cl)cs1. The van der Waals surface area contributed by atoms with E-state index in [1.54, 1.807) is 12.1 Å². The zero-order chi connectivity index (χ0) is 19.3. The Morgan fingerprint density at radius 2 is 1.75 bits per heavy atom. The van der Waals surface area contributed by atoms with Gasteiger partial charge in [-0.3, -0.25) is 0 Å². The molecule has 28 heavy (non-hydrogen) atoms. The molecule has 0 bridgehead atoms. The summed E-state index contributed by atoms with van der Waals surface area (Å²) in [5, 5.41) is 6.54. The number of rotatable bonds is 2. The smallest absolute Gasteiger partial charge is 0.346 e. The Labute approximate surface area is 173 Å². The summed E-state index contributed by atoms with van der Waals surface area (Å²) in [4.78, 5) is 17.2. The van der Waals surface area contributed by atoms with Gasteiger partial charge in [-0.05, 0) is 41.1 Å². The molecule has 0 fully saturated rings. The van der Waals surface area contributed by atoms with Gasteiger partial charge >= 0.3 is 5.63 Å². The Morgan fingerprint density at radius 3 is 2.61 bits per heavy atom. The second-order valence-electron chi connectivity index (χ2n) is 6.31. The lowest BCUT2D eigenvalue weighted by atomic mass is 10.0. The predicted molar refractivity (Wildman–Crippen MR) is 117 cm³/mol. The first-order valence-electron chi connectivity index (χ1n) is 8.47. The molecule has 2 heterocycles. The first kappa shape index (κ1) is 17.4. The Balaban J connectivity index is 1.69. The van der Waals surface area contributed by atoms with Crippen LogP contribution in [-0.2, 0) is 0 Å². The van der Waals surface area contributed by atoms with E-state index in [-0.39, 0.29) is 0 Å². The van der Waals surface area contributed by atoms with E-state index in [4.69, 9.17) is 27.6 Å². The summed E-state index contributed by atoms with van der Waals surface area (Å²) in [6.45, 7) is 0. The van der Waals surface area contributed by atoms with Crippen LogP contribution in [0.1, 0.15) is 0 Å². The molecule has 0 atom stereocenters. The fourth-order valence-corrected chi connectivity index (χ4v) is 4.57. The Bertz CT molecular complexity index is 1420. The molecule has 0 aliphatic heterocycles. The van der Waals surface area contributed by atoms with Crippen molar-refractivity contribution in [1.82, 2.24) is 4.98 Å². The van der Waals surface area contributed by atoms with Crippen LogP contribution in [0.25, 0.3) is 43.6 Å². The first-order chi connectivity index (χ1) is 13.6. The number of hydrogen-bond donors (Lipinski definition) is 0. The van der Waals surface area contributed by atoms with Crippen LogP contribution in [0.2, 0.25) is 10.0 Å². The second-order valence-corrected chi connectivity index (χ2v) is 8.01. The average molecular weight is 424 g/mol. The summed E-state index contributed by atoms with van der Waals surface area (Å²) < 4.78 is 5.58. The van der Waals surface area contributed by atoms with Crippen LogP contribution in [-0.4, -0.2) is 4.98 Å². The normalized spacial score (nSPS) is 11.4. The minimum atomic E-state index is -0.411. The van der Waals surface area contributed by atoms with Gasteiger partial charge in [0.25, 0.3) is 0 Å². The van der Waals surface area contributed by atoms with Crippen molar-refractivity contribution in [3.8, 4) is 21.8 Å². The zero-order valence-corrected chi connectivity index (χ0v) is 16.6. The summed E-state index contributed by atoms with van der Waals surface area (Å²) >= 11 is 13.6. The van der Waals surface area contributed by atoms with Crippen LogP contribution in [0, 0.1) is 0 Å². The zero-order valence-electron chi connectivity index (χ0n) is 14.3. The molecule has 6 heteroatoms. The van der Waals surface area contributed by atoms with Gasteiger partial charge in [-0.1, -0.05) is 53.5 Å². The summed E-state index contributed by atoms with van der Waals surface area (Å²) in [6.07, 6.45) is 0. The van der Waals surface area contributed by atoms with Gasteiger partial charge in [0, 0.05) is 21.4 Å². The lowest BCUT2D eigenvalue weighted by Gasteiger charge is -2.04. The highest BCUT2D eigenvalue weighted by Gasteiger charge is 2.15. The van der Waals surface area contributed by atoms with Gasteiger partial charge in [-0.25, -0.2) is 9.78 Å². The van der Waals surface area contributed by atoms with E-state index in [0.717, 1.165) is 21.7 Å². The molecule has 136 valence electrons. The van der Waals surface area contributed by atoms with Gasteiger partial charge in [0.1, 0.15) is 10.6 Å². The molecule has 0 amide bonds. The van der Waals surface area contributed by atoms with Crippen molar-refractivity contribution in [3.05, 3.63) is 86.5 Å². The molecule has 2 aromatic heterocycles. The maximum atomic E-state index is 12.6. The van der Waals surface area contributed by atoms with E-state index in [0.29, 0.717) is 31.9 Å². The van der Waals surface area contributed by atoms with E-state index in [2.05, 4.69) is 4.98 Å². The minimum Gasteiger partial charge on any atom is -0.422 e. The molecular weight excluding hydrogens is 413 g/mol. The molecule has 0 saturated carbocycles. The molecule has 0 spiro atoms. The van der Waals surface area contributed by atoms with E-state index in [1.165, 1.54) is 11.3 Å².